The first-order valence-corrected chi connectivity index (χ1v) is 8.01. The maximum atomic E-state index is 12.2. The Hall–Kier alpha value is -2.01. The molecule has 4 rings (SSSR count). The maximum absolute atomic E-state index is 12.2. The zero-order chi connectivity index (χ0) is 14.9. The van der Waals surface area contributed by atoms with Crippen LogP contribution in [0.4, 0.5) is 0 Å². The fourth-order valence-electron chi connectivity index (χ4n) is 3.09. The van der Waals surface area contributed by atoms with Gasteiger partial charge in [0.15, 0.2) is 0 Å². The van der Waals surface area contributed by atoms with E-state index in [2.05, 4.69) is 14.9 Å². The number of H-pyrrole nitrogens is 1. The Labute approximate surface area is 129 Å². The van der Waals surface area contributed by atoms with E-state index in [9.17, 15) is 4.79 Å². The second-order valence-corrected chi connectivity index (χ2v) is 6.37. The molecule has 0 aromatic carbocycles. The van der Waals surface area contributed by atoms with E-state index in [0.717, 1.165) is 61.2 Å². The summed E-state index contributed by atoms with van der Waals surface area (Å²) in [6, 6.07) is 5.98. The van der Waals surface area contributed by atoms with E-state index >= 15 is 0 Å². The largest absolute Gasteiger partial charge is 0.310 e. The third kappa shape index (κ3) is 2.95. The molecule has 2 aliphatic rings. The average molecular weight is 296 g/mol. The van der Waals surface area contributed by atoms with Gasteiger partial charge >= 0.3 is 0 Å². The molecule has 1 fully saturated rings. The van der Waals surface area contributed by atoms with Crippen molar-refractivity contribution in [2.45, 2.75) is 38.8 Å². The summed E-state index contributed by atoms with van der Waals surface area (Å²) in [4.78, 5) is 26.6. The molecule has 114 valence electrons. The molecule has 3 heterocycles. The van der Waals surface area contributed by atoms with E-state index in [1.807, 2.05) is 24.4 Å². The lowest BCUT2D eigenvalue weighted by Gasteiger charge is -2.27. The standard InChI is InChI=1S/C17H20N4O/c22-17-14-6-8-21(10-13-3-1-2-7-18-13)11-15(14)19-16(20-17)9-12-4-5-12/h1-3,7,12H,4-6,8-11H2,(H,19,20,22). The molecule has 1 saturated carbocycles. The van der Waals surface area contributed by atoms with Crippen LogP contribution in [0.3, 0.4) is 0 Å². The molecule has 2 aromatic heterocycles. The summed E-state index contributed by atoms with van der Waals surface area (Å²) in [5, 5.41) is 0. The SMILES string of the molecule is O=c1[nH]c(CC2CC2)nc2c1CCN(Cc1ccccn1)C2. The first kappa shape index (κ1) is 13.6. The van der Waals surface area contributed by atoms with Gasteiger partial charge in [-0.15, -0.1) is 0 Å². The van der Waals surface area contributed by atoms with Gasteiger partial charge in [-0.25, -0.2) is 4.98 Å². The topological polar surface area (TPSA) is 61.9 Å². The van der Waals surface area contributed by atoms with Crippen molar-refractivity contribution in [1.82, 2.24) is 19.9 Å². The van der Waals surface area contributed by atoms with Crippen LogP contribution in [-0.4, -0.2) is 26.4 Å². The number of hydrogen-bond donors (Lipinski definition) is 1. The highest BCUT2D eigenvalue weighted by Gasteiger charge is 2.25. The van der Waals surface area contributed by atoms with Crippen molar-refractivity contribution in [2.24, 2.45) is 5.92 Å². The molecule has 0 amide bonds. The quantitative estimate of drug-likeness (QED) is 0.932. The number of aromatic amines is 1. The molecular weight excluding hydrogens is 276 g/mol. The Balaban J connectivity index is 1.53. The molecule has 0 saturated heterocycles. The second-order valence-electron chi connectivity index (χ2n) is 6.37. The molecular formula is C17H20N4O. The molecule has 0 radical (unpaired) electrons. The van der Waals surface area contributed by atoms with Gasteiger partial charge in [0.25, 0.3) is 5.56 Å². The smallest absolute Gasteiger partial charge is 0.254 e. The molecule has 22 heavy (non-hydrogen) atoms. The van der Waals surface area contributed by atoms with Crippen LogP contribution >= 0.6 is 0 Å². The van der Waals surface area contributed by atoms with Crippen molar-refractivity contribution in [1.29, 1.82) is 0 Å². The van der Waals surface area contributed by atoms with E-state index in [0.29, 0.717) is 0 Å². The van der Waals surface area contributed by atoms with Gasteiger partial charge in [0.05, 0.1) is 11.4 Å². The number of rotatable bonds is 4. The zero-order valence-electron chi connectivity index (χ0n) is 12.6. The Bertz CT molecular complexity index is 721. The Morgan fingerprint density at radius 1 is 1.32 bits per heavy atom. The van der Waals surface area contributed by atoms with Gasteiger partial charge in [0, 0.05) is 37.8 Å². The van der Waals surface area contributed by atoms with E-state index in [1.165, 1.54) is 12.8 Å². The molecule has 1 N–H and O–H groups in total. The predicted octanol–water partition coefficient (Wildman–Crippen LogP) is 1.68. The molecule has 2 aromatic rings. The number of pyridine rings is 1. The Morgan fingerprint density at radius 3 is 3.00 bits per heavy atom. The Morgan fingerprint density at radius 2 is 2.23 bits per heavy atom. The van der Waals surface area contributed by atoms with Crippen LogP contribution in [0.1, 0.15) is 35.6 Å². The van der Waals surface area contributed by atoms with E-state index in [-0.39, 0.29) is 5.56 Å². The van der Waals surface area contributed by atoms with E-state index in [1.54, 1.807) is 0 Å². The van der Waals surface area contributed by atoms with Crippen molar-refractivity contribution in [3.8, 4) is 0 Å². The summed E-state index contributed by atoms with van der Waals surface area (Å²) in [5.74, 6) is 1.60. The van der Waals surface area contributed by atoms with Crippen molar-refractivity contribution in [3.05, 3.63) is 57.5 Å². The maximum Gasteiger partial charge on any atom is 0.254 e. The van der Waals surface area contributed by atoms with E-state index < -0.39 is 0 Å². The van der Waals surface area contributed by atoms with E-state index in [4.69, 9.17) is 4.98 Å². The van der Waals surface area contributed by atoms with Gasteiger partial charge in [0.1, 0.15) is 5.82 Å². The van der Waals surface area contributed by atoms with Crippen molar-refractivity contribution < 1.29 is 0 Å². The summed E-state index contributed by atoms with van der Waals surface area (Å²) in [6.07, 6.45) is 6.06. The average Bonchev–Trinajstić information content (AvgIpc) is 3.32. The molecule has 5 nitrogen and oxygen atoms in total. The van der Waals surface area contributed by atoms with Gasteiger partial charge in [-0.2, -0.15) is 0 Å². The highest BCUT2D eigenvalue weighted by atomic mass is 16.1. The second kappa shape index (κ2) is 5.65. The van der Waals surface area contributed by atoms with Gasteiger partial charge in [0.2, 0.25) is 0 Å². The van der Waals surface area contributed by atoms with Crippen molar-refractivity contribution in [2.75, 3.05) is 6.54 Å². The summed E-state index contributed by atoms with van der Waals surface area (Å²) in [7, 11) is 0. The predicted molar refractivity (Wildman–Crippen MR) is 83.3 cm³/mol. The molecule has 0 atom stereocenters. The van der Waals surface area contributed by atoms with Crippen molar-refractivity contribution in [3.63, 3.8) is 0 Å². The van der Waals surface area contributed by atoms with Crippen LogP contribution in [0.2, 0.25) is 0 Å². The molecule has 1 aliphatic carbocycles. The minimum Gasteiger partial charge on any atom is -0.310 e. The number of aromatic nitrogens is 3. The molecule has 5 heteroatoms. The van der Waals surface area contributed by atoms with Gasteiger partial charge in [-0.3, -0.25) is 14.7 Å². The first-order chi connectivity index (χ1) is 10.8. The van der Waals surface area contributed by atoms with Gasteiger partial charge < -0.3 is 4.98 Å². The number of fused-ring (bicyclic) bond motifs is 1. The third-order valence-corrected chi connectivity index (χ3v) is 4.49. The van der Waals surface area contributed by atoms with Crippen LogP contribution in [0, 0.1) is 5.92 Å². The Kier molecular flexibility index (Phi) is 3.50. The first-order valence-electron chi connectivity index (χ1n) is 8.01. The zero-order valence-corrected chi connectivity index (χ0v) is 12.6. The minimum atomic E-state index is 0.0677. The fraction of sp³-hybridized carbons (Fsp3) is 0.471. The number of hydrogen-bond acceptors (Lipinski definition) is 4. The number of nitrogens with zero attached hydrogens (tertiary/aromatic N) is 3. The lowest BCUT2D eigenvalue weighted by Crippen LogP contribution is -2.35. The highest BCUT2D eigenvalue weighted by Crippen LogP contribution is 2.31. The summed E-state index contributed by atoms with van der Waals surface area (Å²) >= 11 is 0. The lowest BCUT2D eigenvalue weighted by molar-refractivity contribution is 0.237. The molecule has 1 aliphatic heterocycles. The summed E-state index contributed by atoms with van der Waals surface area (Å²) < 4.78 is 0. The number of nitrogens with one attached hydrogen (secondary N) is 1. The van der Waals surface area contributed by atoms with Crippen LogP contribution < -0.4 is 5.56 Å². The van der Waals surface area contributed by atoms with Crippen LogP contribution in [0.25, 0.3) is 0 Å². The molecule has 0 unspecified atom stereocenters. The summed E-state index contributed by atoms with van der Waals surface area (Å²) in [6.45, 7) is 2.44. The molecule has 0 spiro atoms. The lowest BCUT2D eigenvalue weighted by atomic mass is 10.1. The third-order valence-electron chi connectivity index (χ3n) is 4.49. The van der Waals surface area contributed by atoms with Gasteiger partial charge in [-0.05, 0) is 37.3 Å². The van der Waals surface area contributed by atoms with Gasteiger partial charge in [-0.1, -0.05) is 6.07 Å². The highest BCUT2D eigenvalue weighted by molar-refractivity contribution is 5.21. The monoisotopic (exact) mass is 296 g/mol. The summed E-state index contributed by atoms with van der Waals surface area (Å²) in [5.41, 5.74) is 2.96. The minimum absolute atomic E-state index is 0.0677. The van der Waals surface area contributed by atoms with Crippen molar-refractivity contribution >= 4 is 0 Å². The van der Waals surface area contributed by atoms with Crippen LogP contribution in [-0.2, 0) is 25.9 Å². The van der Waals surface area contributed by atoms with Crippen LogP contribution in [0.15, 0.2) is 29.2 Å². The van der Waals surface area contributed by atoms with Crippen LogP contribution in [0.5, 0.6) is 0 Å². The normalized spacial score (nSPS) is 18.2. The fourth-order valence-corrected chi connectivity index (χ4v) is 3.09. The molecule has 0 bridgehead atoms.